The molecular weight excluding hydrogens is 1340 g/mol. The Kier molecular flexibility index (Phi) is 21.9. The first-order chi connectivity index (χ1) is 50.2. The molecule has 9 aromatic rings. The molecule has 4 amide bonds. The van der Waals surface area contributed by atoms with Crippen molar-refractivity contribution in [3.63, 3.8) is 0 Å². The van der Waals surface area contributed by atoms with Crippen molar-refractivity contribution in [2.24, 2.45) is 5.41 Å². The summed E-state index contributed by atoms with van der Waals surface area (Å²) < 4.78 is 52.6. The van der Waals surface area contributed by atoms with Crippen molar-refractivity contribution in [3.05, 3.63) is 160 Å². The third-order valence-electron chi connectivity index (χ3n) is 21.7. The van der Waals surface area contributed by atoms with Crippen LogP contribution in [0.2, 0.25) is 0 Å². The summed E-state index contributed by atoms with van der Waals surface area (Å²) in [7, 11) is 1.33. The average molecular weight is 1440 g/mol. The molecule has 5 aromatic carbocycles. The molecule has 3 atom stereocenters. The number of rotatable bonds is 16. The first-order valence-corrected chi connectivity index (χ1v) is 38.3. The summed E-state index contributed by atoms with van der Waals surface area (Å²) >= 11 is 0. The molecule has 26 heteroatoms. The molecule has 0 bridgehead atoms. The second-order valence-electron chi connectivity index (χ2n) is 28.9. The molecule has 4 aromatic heterocycles. The predicted octanol–water partition coefficient (Wildman–Crippen LogP) is 11.5. The normalized spacial score (nSPS) is 19.1. The molecule has 2 saturated heterocycles. The molecule has 1 aliphatic carbocycles. The summed E-state index contributed by atoms with van der Waals surface area (Å²) in [4.78, 5) is 85.1. The van der Waals surface area contributed by atoms with Crippen LogP contribution in [0.4, 0.5) is 31.4 Å². The standard InChI is InChI=1S/C27H31N3O4.C26H32N4O4S.C25H32N6O4/c1-17-12-13-21-22(29(17)27(33)34-2)14-15-23-25(21)28-24(30(23)19-9-4-3-5-10-19)16-18-8-6-7-11-20(18)26(31)32;1-19-8-9-21-22(30(19)26(31)34-2)10-11-23-25(21)27-24(18-20-6-4-3-5-7-20)29(23)13-12-28-14-16-35(32,33)17-15-28;1-17-5-6-18-19(31(17)24(33)34-3)7-8-20-23(18)28-21(9-12-29-11-4-10-27-29)30(20)13-22(32)26-14-25(2)15-35-16-25/h6-8,11,14-15,17,19H,3-5,9-10,12-13,16H2,1-2H3,(H,31,32);3-7,10-11,19H,8-9,12-18H2,1-2H3;4,7-8,10-11,17H,5-6,9,12-16H2,1-3H3,(H,26,32)/t17-;19-;17-/m000/s1. The van der Waals surface area contributed by atoms with E-state index in [4.69, 9.17) is 33.9 Å². The van der Waals surface area contributed by atoms with E-state index in [0.29, 0.717) is 70.3 Å². The Labute approximate surface area is 606 Å². The lowest BCUT2D eigenvalue weighted by molar-refractivity contribution is -0.127. The minimum absolute atomic E-state index is 0.00268. The topological polar surface area (TPSA) is 273 Å². The summed E-state index contributed by atoms with van der Waals surface area (Å²) in [6, 6.07) is 32.0. The van der Waals surface area contributed by atoms with Crippen LogP contribution < -0.4 is 20.0 Å². The number of carboxylic acids is 1. The van der Waals surface area contributed by atoms with Crippen molar-refractivity contribution >= 4 is 90.2 Å². The molecular formula is C78H95N13O12S. The third-order valence-corrected chi connectivity index (χ3v) is 23.3. The number of benzene rings is 5. The predicted molar refractivity (Wildman–Crippen MR) is 398 cm³/mol. The molecule has 0 spiro atoms. The number of sulfone groups is 1. The average Bonchev–Trinajstić information content (AvgIpc) is 1.56. The summed E-state index contributed by atoms with van der Waals surface area (Å²) in [6.07, 6.45) is 15.2. The van der Waals surface area contributed by atoms with Crippen LogP contribution in [0.1, 0.15) is 141 Å². The number of carbonyl (C=O) groups excluding carboxylic acids is 4. The summed E-state index contributed by atoms with van der Waals surface area (Å²) in [5.41, 5.74) is 13.7. The molecule has 1 saturated carbocycles. The number of nitrogens with zero attached hydrogens (tertiary/aromatic N) is 12. The van der Waals surface area contributed by atoms with Gasteiger partial charge >= 0.3 is 24.2 Å². The first kappa shape index (κ1) is 72.7. The van der Waals surface area contributed by atoms with Gasteiger partial charge in [-0.25, -0.2) is 42.5 Å². The van der Waals surface area contributed by atoms with Gasteiger partial charge in [-0.1, -0.05) is 74.7 Å². The van der Waals surface area contributed by atoms with E-state index in [1.807, 2.05) is 96.9 Å². The summed E-state index contributed by atoms with van der Waals surface area (Å²) in [6.45, 7) is 13.6. The lowest BCUT2D eigenvalue weighted by Crippen LogP contribution is -2.49. The van der Waals surface area contributed by atoms with E-state index < -0.39 is 15.8 Å². The molecule has 9 heterocycles. The first-order valence-electron chi connectivity index (χ1n) is 36.5. The molecule has 3 fully saturated rings. The summed E-state index contributed by atoms with van der Waals surface area (Å²) in [5, 5.41) is 17.1. The highest BCUT2D eigenvalue weighted by molar-refractivity contribution is 7.91. The number of carboxylic acid groups (broad SMARTS) is 1. The number of fused-ring (bicyclic) bond motifs is 9. The van der Waals surface area contributed by atoms with Gasteiger partial charge in [0.05, 0.1) is 102 Å². The Balaban J connectivity index is 0.000000139. The van der Waals surface area contributed by atoms with Gasteiger partial charge in [-0.2, -0.15) is 5.10 Å². The third kappa shape index (κ3) is 15.3. The lowest BCUT2D eigenvalue weighted by atomic mass is 9.89. The van der Waals surface area contributed by atoms with E-state index in [0.717, 1.165) is 154 Å². The molecule has 6 aliphatic rings. The highest BCUT2D eigenvalue weighted by atomic mass is 32.2. The van der Waals surface area contributed by atoms with E-state index in [2.05, 4.69) is 55.6 Å². The number of amides is 4. The fourth-order valence-corrected chi connectivity index (χ4v) is 17.2. The zero-order valence-corrected chi connectivity index (χ0v) is 61.4. The second-order valence-corrected chi connectivity index (χ2v) is 31.2. The number of hydrogen-bond acceptors (Lipinski definition) is 16. The van der Waals surface area contributed by atoms with Crippen LogP contribution >= 0.6 is 0 Å². The maximum absolute atomic E-state index is 13.0. The number of anilines is 3. The molecule has 550 valence electrons. The maximum Gasteiger partial charge on any atom is 0.414 e. The number of ether oxygens (including phenoxy) is 4. The van der Waals surface area contributed by atoms with Crippen molar-refractivity contribution in [1.82, 2.24) is 48.7 Å². The van der Waals surface area contributed by atoms with Gasteiger partial charge in [-0.15, -0.1) is 0 Å². The van der Waals surface area contributed by atoms with Crippen LogP contribution in [-0.4, -0.2) is 177 Å². The number of methoxy groups -OCH3 is 3. The summed E-state index contributed by atoms with van der Waals surface area (Å²) in [5.74, 6) is 2.17. The van der Waals surface area contributed by atoms with Crippen molar-refractivity contribution in [2.45, 2.75) is 161 Å². The lowest BCUT2D eigenvalue weighted by Gasteiger charge is -2.38. The Morgan fingerprint density at radius 1 is 0.596 bits per heavy atom. The van der Waals surface area contributed by atoms with E-state index in [-0.39, 0.29) is 65.8 Å². The number of aryl methyl sites for hydroxylation is 5. The quantitative estimate of drug-likeness (QED) is 0.0851. The Morgan fingerprint density at radius 3 is 1.66 bits per heavy atom. The molecule has 15 rings (SSSR count). The number of aromatic carboxylic acids is 1. The number of nitrogens with one attached hydrogen (secondary N) is 1. The minimum Gasteiger partial charge on any atom is -0.478 e. The van der Waals surface area contributed by atoms with Gasteiger partial charge in [0.2, 0.25) is 5.91 Å². The molecule has 104 heavy (non-hydrogen) atoms. The molecule has 25 nitrogen and oxygen atoms in total. The Hall–Kier alpha value is -9.66. The van der Waals surface area contributed by atoms with Gasteiger partial charge in [0, 0.05) is 117 Å². The van der Waals surface area contributed by atoms with Gasteiger partial charge in [0.15, 0.2) is 9.84 Å². The molecule has 0 radical (unpaired) electrons. The van der Waals surface area contributed by atoms with E-state index in [1.165, 1.54) is 46.2 Å². The number of carbonyl (C=O) groups is 5. The van der Waals surface area contributed by atoms with Gasteiger partial charge < -0.3 is 43.1 Å². The SMILES string of the molecule is COC(=O)N1c2ccc3c(nc(CCn4cccn4)n3CC(=O)NCC3(C)COC3)c2CC[C@@H]1C.COC(=O)N1c2ccc3c(nc(Cc4ccccc4)n3CCN3CCS(=O)(=O)CC3)c2CC[C@@H]1C.COC(=O)N1c2ccc3c(nc(Cc4ccccc4C(=O)O)n3C3CCCCC3)c2CC[C@@H]1C. The molecule has 5 aliphatic heterocycles. The molecule has 0 unspecified atom stereocenters. The van der Waals surface area contributed by atoms with Crippen molar-refractivity contribution in [2.75, 3.05) is 86.9 Å². The van der Waals surface area contributed by atoms with Crippen molar-refractivity contribution < 1.29 is 56.4 Å². The van der Waals surface area contributed by atoms with Crippen LogP contribution in [0, 0.1) is 5.41 Å². The van der Waals surface area contributed by atoms with Crippen LogP contribution in [0.15, 0.2) is 109 Å². The smallest absolute Gasteiger partial charge is 0.414 e. The van der Waals surface area contributed by atoms with Gasteiger partial charge in [0.1, 0.15) is 24.0 Å². The fraction of sp³-hybridized carbons (Fsp3) is 0.474. The number of hydrogen-bond donors (Lipinski definition) is 2. The Morgan fingerprint density at radius 2 is 1.12 bits per heavy atom. The number of imidazole rings is 3. The molecule has 2 N–H and O–H groups in total. The van der Waals surface area contributed by atoms with Crippen molar-refractivity contribution in [1.29, 1.82) is 0 Å². The van der Waals surface area contributed by atoms with E-state index in [9.17, 15) is 37.5 Å². The minimum atomic E-state index is -2.90. The zero-order chi connectivity index (χ0) is 73.0. The fourth-order valence-electron chi connectivity index (χ4n) is 15.9. The highest BCUT2D eigenvalue weighted by Gasteiger charge is 2.37. The monoisotopic (exact) mass is 1440 g/mol. The van der Waals surface area contributed by atoms with Gasteiger partial charge in [-0.3, -0.25) is 29.1 Å². The largest absolute Gasteiger partial charge is 0.478 e. The second kappa shape index (κ2) is 31.3. The number of aromatic nitrogens is 8. The van der Waals surface area contributed by atoms with E-state index >= 15 is 0 Å². The Bertz CT molecular complexity index is 4740. The van der Waals surface area contributed by atoms with Crippen LogP contribution in [0.5, 0.6) is 0 Å². The zero-order valence-electron chi connectivity index (χ0n) is 60.6. The van der Waals surface area contributed by atoms with Crippen LogP contribution in [0.3, 0.4) is 0 Å². The van der Waals surface area contributed by atoms with Crippen LogP contribution in [-0.2, 0) is 91.7 Å². The van der Waals surface area contributed by atoms with Crippen LogP contribution in [0.25, 0.3) is 33.1 Å². The van der Waals surface area contributed by atoms with Crippen molar-refractivity contribution in [3.8, 4) is 0 Å². The van der Waals surface area contributed by atoms with E-state index in [1.54, 1.807) is 33.0 Å². The van der Waals surface area contributed by atoms with Gasteiger partial charge in [0.25, 0.3) is 0 Å². The maximum atomic E-state index is 13.0. The van der Waals surface area contributed by atoms with Gasteiger partial charge in [-0.05, 0) is 132 Å². The highest BCUT2D eigenvalue weighted by Crippen LogP contribution is 2.42.